The monoisotopic (exact) mass is 541 g/mol. The van der Waals surface area contributed by atoms with Gasteiger partial charge in [-0.3, -0.25) is 14.4 Å². The van der Waals surface area contributed by atoms with Gasteiger partial charge < -0.3 is 20.1 Å². The molecule has 4 heterocycles. The third kappa shape index (κ3) is 5.33. The number of pyridine rings is 1. The van der Waals surface area contributed by atoms with Gasteiger partial charge in [0.05, 0.1) is 35.6 Å². The van der Waals surface area contributed by atoms with Crippen molar-refractivity contribution >= 4 is 46.5 Å². The van der Waals surface area contributed by atoms with Crippen LogP contribution in [0.3, 0.4) is 0 Å². The number of imidazole rings is 1. The van der Waals surface area contributed by atoms with Crippen molar-refractivity contribution in [2.75, 3.05) is 11.9 Å². The van der Waals surface area contributed by atoms with Crippen molar-refractivity contribution in [3.05, 3.63) is 56.6 Å². The highest BCUT2D eigenvalue weighted by Crippen LogP contribution is 2.35. The van der Waals surface area contributed by atoms with Gasteiger partial charge in [-0.1, -0.05) is 11.6 Å². The number of thiazole rings is 1. The standard InChI is InChI=1S/C21H19ClF3N7O3S/c1-10(29-18(34)14-7-27-17-9-31(11(2)33)3-4-32(14)17)20-28-8-15(36-20)19(35)30-16-5-12(21(23,24)25)13(22)6-26-16/h5-8,10H,3-4,9H2,1-2H3,(H,29,34)(H,26,30,35). The summed E-state index contributed by atoms with van der Waals surface area (Å²) >= 11 is 6.52. The van der Waals surface area contributed by atoms with Crippen LogP contribution in [0.15, 0.2) is 24.7 Å². The largest absolute Gasteiger partial charge is 0.418 e. The van der Waals surface area contributed by atoms with Crippen molar-refractivity contribution in [1.82, 2.24) is 29.7 Å². The lowest BCUT2D eigenvalue weighted by Crippen LogP contribution is -2.38. The first-order chi connectivity index (χ1) is 16.9. The van der Waals surface area contributed by atoms with Crippen molar-refractivity contribution in [3.63, 3.8) is 0 Å². The summed E-state index contributed by atoms with van der Waals surface area (Å²) in [5, 5.41) is 4.92. The zero-order valence-corrected chi connectivity index (χ0v) is 20.5. The van der Waals surface area contributed by atoms with Crippen molar-refractivity contribution < 1.29 is 27.6 Å². The molecule has 190 valence electrons. The Labute approximate surface area is 211 Å². The van der Waals surface area contributed by atoms with Crippen LogP contribution < -0.4 is 10.6 Å². The second-order valence-electron chi connectivity index (χ2n) is 7.91. The van der Waals surface area contributed by atoms with Gasteiger partial charge in [-0.05, 0) is 13.0 Å². The fourth-order valence-corrected chi connectivity index (χ4v) is 4.56. The predicted octanol–water partition coefficient (Wildman–Crippen LogP) is 3.51. The molecule has 0 bridgehead atoms. The van der Waals surface area contributed by atoms with Gasteiger partial charge in [-0.15, -0.1) is 11.3 Å². The predicted molar refractivity (Wildman–Crippen MR) is 124 cm³/mol. The number of rotatable bonds is 5. The highest BCUT2D eigenvalue weighted by Gasteiger charge is 2.34. The number of nitrogens with zero attached hydrogens (tertiary/aromatic N) is 5. The minimum absolute atomic E-state index is 0.0693. The maximum atomic E-state index is 13.0. The number of amides is 3. The molecule has 0 radical (unpaired) electrons. The Morgan fingerprint density at radius 2 is 1.86 bits per heavy atom. The molecule has 4 rings (SSSR count). The molecular weight excluding hydrogens is 523 g/mol. The molecule has 0 spiro atoms. The Kier molecular flexibility index (Phi) is 7.00. The van der Waals surface area contributed by atoms with Crippen LogP contribution in [-0.2, 0) is 24.1 Å². The summed E-state index contributed by atoms with van der Waals surface area (Å²) in [6, 6.07) is 0.0744. The summed E-state index contributed by atoms with van der Waals surface area (Å²) < 4.78 is 40.9. The number of alkyl halides is 3. The van der Waals surface area contributed by atoms with Crippen LogP contribution in [0.1, 0.15) is 56.4 Å². The van der Waals surface area contributed by atoms with Crippen LogP contribution in [-0.4, -0.2) is 48.7 Å². The normalized spacial score (nSPS) is 14.2. The molecule has 10 nitrogen and oxygen atoms in total. The third-order valence-corrected chi connectivity index (χ3v) is 6.89. The Balaban J connectivity index is 1.41. The first kappa shape index (κ1) is 25.6. The number of aromatic nitrogens is 4. The van der Waals surface area contributed by atoms with Gasteiger partial charge in [0.2, 0.25) is 5.91 Å². The smallest absolute Gasteiger partial charge is 0.342 e. The number of carbonyl (C=O) groups is 3. The highest BCUT2D eigenvalue weighted by atomic mass is 35.5. The lowest BCUT2D eigenvalue weighted by molar-refractivity contribution is -0.137. The molecule has 0 aromatic carbocycles. The second-order valence-corrected chi connectivity index (χ2v) is 9.38. The Hall–Kier alpha value is -3.52. The van der Waals surface area contributed by atoms with E-state index in [-0.39, 0.29) is 16.6 Å². The molecule has 36 heavy (non-hydrogen) atoms. The Bertz CT molecular complexity index is 1340. The van der Waals surface area contributed by atoms with E-state index in [0.29, 0.717) is 42.2 Å². The number of nitrogens with one attached hydrogen (secondary N) is 2. The third-order valence-electron chi connectivity index (χ3n) is 5.41. The van der Waals surface area contributed by atoms with Gasteiger partial charge in [0.1, 0.15) is 27.2 Å². The minimum Gasteiger partial charge on any atom is -0.342 e. The second kappa shape index (κ2) is 9.85. The molecule has 1 aliphatic rings. The van der Waals surface area contributed by atoms with Gasteiger partial charge >= 0.3 is 6.18 Å². The maximum Gasteiger partial charge on any atom is 0.418 e. The van der Waals surface area contributed by atoms with Gasteiger partial charge in [-0.2, -0.15) is 13.2 Å². The van der Waals surface area contributed by atoms with E-state index in [1.807, 2.05) is 0 Å². The molecule has 1 unspecified atom stereocenters. The number of halogens is 4. The molecular formula is C21H19ClF3N7O3S. The van der Waals surface area contributed by atoms with E-state index in [1.54, 1.807) is 16.4 Å². The maximum absolute atomic E-state index is 13.0. The van der Waals surface area contributed by atoms with Crippen molar-refractivity contribution in [2.45, 2.75) is 39.2 Å². The van der Waals surface area contributed by atoms with E-state index in [1.165, 1.54) is 19.3 Å². The van der Waals surface area contributed by atoms with Crippen LogP contribution >= 0.6 is 22.9 Å². The van der Waals surface area contributed by atoms with E-state index in [9.17, 15) is 27.6 Å². The quantitative estimate of drug-likeness (QED) is 0.510. The molecule has 0 aliphatic carbocycles. The number of carbonyl (C=O) groups excluding carboxylic acids is 3. The summed E-state index contributed by atoms with van der Waals surface area (Å²) in [4.78, 5) is 50.8. The first-order valence-electron chi connectivity index (χ1n) is 10.5. The van der Waals surface area contributed by atoms with E-state index < -0.39 is 34.6 Å². The first-order valence-corrected chi connectivity index (χ1v) is 11.7. The minimum atomic E-state index is -4.70. The van der Waals surface area contributed by atoms with Crippen LogP contribution in [0.25, 0.3) is 0 Å². The molecule has 2 N–H and O–H groups in total. The van der Waals surface area contributed by atoms with Gasteiger partial charge in [-0.25, -0.2) is 15.0 Å². The molecule has 3 aromatic heterocycles. The fourth-order valence-electron chi connectivity index (χ4n) is 3.54. The van der Waals surface area contributed by atoms with E-state index in [4.69, 9.17) is 11.6 Å². The number of anilines is 1. The van der Waals surface area contributed by atoms with E-state index in [2.05, 4.69) is 25.6 Å². The fraction of sp³-hybridized carbons (Fsp3) is 0.333. The molecule has 1 aliphatic heterocycles. The molecule has 15 heteroatoms. The summed E-state index contributed by atoms with van der Waals surface area (Å²) in [7, 11) is 0. The summed E-state index contributed by atoms with van der Waals surface area (Å²) in [6.07, 6.45) is -1.19. The Morgan fingerprint density at radius 3 is 2.56 bits per heavy atom. The van der Waals surface area contributed by atoms with Crippen molar-refractivity contribution in [1.29, 1.82) is 0 Å². The van der Waals surface area contributed by atoms with Gasteiger partial charge in [0.25, 0.3) is 11.8 Å². The Morgan fingerprint density at radius 1 is 1.11 bits per heavy atom. The van der Waals surface area contributed by atoms with E-state index >= 15 is 0 Å². The van der Waals surface area contributed by atoms with Crippen LogP contribution in [0, 0.1) is 0 Å². The number of hydrogen-bond donors (Lipinski definition) is 2. The SMILES string of the molecule is CC(=O)N1CCn2c(C(=O)NC(C)c3ncc(C(=O)Nc4cc(C(F)(F)F)c(Cl)cn4)s3)cnc2C1. The lowest BCUT2D eigenvalue weighted by atomic mass is 10.2. The molecule has 0 fully saturated rings. The molecule has 1 atom stereocenters. The summed E-state index contributed by atoms with van der Waals surface area (Å²) in [5.41, 5.74) is -0.782. The van der Waals surface area contributed by atoms with Gasteiger partial charge in [0, 0.05) is 26.2 Å². The van der Waals surface area contributed by atoms with E-state index in [0.717, 1.165) is 17.5 Å². The number of fused-ring (bicyclic) bond motifs is 1. The molecule has 3 amide bonds. The van der Waals surface area contributed by atoms with Crippen LogP contribution in [0.5, 0.6) is 0 Å². The average Bonchev–Trinajstić information content (AvgIpc) is 3.47. The topological polar surface area (TPSA) is 122 Å². The van der Waals surface area contributed by atoms with Crippen molar-refractivity contribution in [3.8, 4) is 0 Å². The van der Waals surface area contributed by atoms with Crippen LogP contribution in [0.4, 0.5) is 19.0 Å². The molecule has 0 saturated heterocycles. The van der Waals surface area contributed by atoms with Gasteiger partial charge in [0.15, 0.2) is 0 Å². The number of hydrogen-bond acceptors (Lipinski definition) is 7. The zero-order valence-electron chi connectivity index (χ0n) is 18.9. The van der Waals surface area contributed by atoms with Crippen molar-refractivity contribution in [2.24, 2.45) is 0 Å². The van der Waals surface area contributed by atoms with Crippen LogP contribution in [0.2, 0.25) is 5.02 Å². The molecule has 3 aromatic rings. The lowest BCUT2D eigenvalue weighted by Gasteiger charge is -2.27. The highest BCUT2D eigenvalue weighted by molar-refractivity contribution is 7.13. The summed E-state index contributed by atoms with van der Waals surface area (Å²) in [5.74, 6) is -0.891. The molecule has 0 saturated carbocycles. The summed E-state index contributed by atoms with van der Waals surface area (Å²) in [6.45, 7) is 4.37. The zero-order chi connectivity index (χ0) is 26.2. The average molecular weight is 542 g/mol.